The number of nitrogens with zero attached hydrogens (tertiary/aromatic N) is 1. The molecule has 1 aromatic heterocycles. The van der Waals surface area contributed by atoms with Crippen LogP contribution in [0.3, 0.4) is 0 Å². The van der Waals surface area contributed by atoms with Gasteiger partial charge >= 0.3 is 12.1 Å². The number of anilines is 1. The first kappa shape index (κ1) is 23.4. The zero-order valence-corrected chi connectivity index (χ0v) is 17.8. The molecule has 0 saturated carbocycles. The van der Waals surface area contributed by atoms with Crippen molar-refractivity contribution in [2.24, 2.45) is 0 Å². The number of hydrogen-bond donors (Lipinski definition) is 1. The molecule has 0 spiro atoms. The molecule has 0 radical (unpaired) electrons. The molecule has 0 atom stereocenters. The Balaban J connectivity index is 1.64. The van der Waals surface area contributed by atoms with Crippen LogP contribution >= 0.6 is 0 Å². The Morgan fingerprint density at radius 1 is 1.06 bits per heavy atom. The van der Waals surface area contributed by atoms with Gasteiger partial charge in [-0.25, -0.2) is 9.18 Å². The molecule has 1 fully saturated rings. The number of methoxy groups -OCH3 is 1. The molecule has 1 amide bonds. The lowest BCUT2D eigenvalue weighted by Gasteiger charge is -2.40. The summed E-state index contributed by atoms with van der Waals surface area (Å²) in [7, 11) is 1.07. The molecule has 0 bridgehead atoms. The zero-order chi connectivity index (χ0) is 24.5. The van der Waals surface area contributed by atoms with Crippen molar-refractivity contribution in [2.75, 3.05) is 25.6 Å². The fourth-order valence-electron chi connectivity index (χ4n) is 3.61. The second-order valence-corrected chi connectivity index (χ2v) is 7.72. The van der Waals surface area contributed by atoms with Crippen LogP contribution in [0.1, 0.15) is 21.6 Å². The summed E-state index contributed by atoms with van der Waals surface area (Å²) >= 11 is 0. The van der Waals surface area contributed by atoms with Crippen LogP contribution < -0.4 is 5.32 Å². The normalized spacial score (nSPS) is 14.7. The standard InChI is InChI=1S/C24H18F4N2O4/c1-33-21(31)18-10-20(24(26,27)28)29-11-19(18)14-2-4-15(5-3-14)23(12-34-13-23)22(32)30-17-8-6-16(25)7-9-17/h2-11H,12-13H2,1H3,(H,30,32). The highest BCUT2D eigenvalue weighted by Crippen LogP contribution is 2.36. The molecular formula is C24H18F4N2O4. The summed E-state index contributed by atoms with van der Waals surface area (Å²) in [6.07, 6.45) is -3.76. The van der Waals surface area contributed by atoms with E-state index in [1.165, 1.54) is 24.3 Å². The summed E-state index contributed by atoms with van der Waals surface area (Å²) in [5.41, 5.74) is -0.879. The number of pyridine rings is 1. The summed E-state index contributed by atoms with van der Waals surface area (Å²) < 4.78 is 62.3. The largest absolute Gasteiger partial charge is 0.465 e. The van der Waals surface area contributed by atoms with Crippen molar-refractivity contribution in [3.63, 3.8) is 0 Å². The fourth-order valence-corrected chi connectivity index (χ4v) is 3.61. The molecule has 4 rings (SSSR count). The molecular weight excluding hydrogens is 456 g/mol. The van der Waals surface area contributed by atoms with Gasteiger partial charge in [-0.05, 0) is 41.5 Å². The second-order valence-electron chi connectivity index (χ2n) is 7.72. The first-order chi connectivity index (χ1) is 16.1. The van der Waals surface area contributed by atoms with Gasteiger partial charge in [-0.1, -0.05) is 24.3 Å². The number of esters is 1. The van der Waals surface area contributed by atoms with E-state index in [9.17, 15) is 27.2 Å². The van der Waals surface area contributed by atoms with Gasteiger partial charge in [0, 0.05) is 17.4 Å². The molecule has 1 saturated heterocycles. The van der Waals surface area contributed by atoms with Crippen LogP contribution in [0.25, 0.3) is 11.1 Å². The zero-order valence-electron chi connectivity index (χ0n) is 17.8. The molecule has 0 aliphatic carbocycles. The van der Waals surface area contributed by atoms with Crippen molar-refractivity contribution >= 4 is 17.6 Å². The SMILES string of the molecule is COC(=O)c1cc(C(F)(F)F)ncc1-c1ccc(C2(C(=O)Nc3ccc(F)cc3)COC2)cc1. The van der Waals surface area contributed by atoms with E-state index >= 15 is 0 Å². The monoisotopic (exact) mass is 474 g/mol. The Hall–Kier alpha value is -3.79. The van der Waals surface area contributed by atoms with Gasteiger partial charge in [-0.15, -0.1) is 0 Å². The molecule has 2 heterocycles. The topological polar surface area (TPSA) is 77.5 Å². The highest BCUT2D eigenvalue weighted by atomic mass is 19.4. The second kappa shape index (κ2) is 8.86. The number of aromatic nitrogens is 1. The average Bonchev–Trinajstić information content (AvgIpc) is 2.79. The first-order valence-electron chi connectivity index (χ1n) is 10.1. The fraction of sp³-hybridized carbons (Fsp3) is 0.208. The van der Waals surface area contributed by atoms with Gasteiger partial charge in [0.05, 0.1) is 25.9 Å². The van der Waals surface area contributed by atoms with E-state index < -0.39 is 29.1 Å². The third-order valence-electron chi connectivity index (χ3n) is 5.58. The van der Waals surface area contributed by atoms with Crippen molar-refractivity contribution in [3.05, 3.63) is 83.4 Å². The van der Waals surface area contributed by atoms with E-state index in [-0.39, 0.29) is 30.2 Å². The van der Waals surface area contributed by atoms with Crippen LogP contribution in [-0.4, -0.2) is 37.2 Å². The predicted molar refractivity (Wildman–Crippen MR) is 114 cm³/mol. The Morgan fingerprint density at radius 3 is 2.24 bits per heavy atom. The van der Waals surface area contributed by atoms with E-state index in [0.29, 0.717) is 22.9 Å². The third-order valence-corrected chi connectivity index (χ3v) is 5.58. The van der Waals surface area contributed by atoms with Crippen LogP contribution in [0.15, 0.2) is 60.8 Å². The molecule has 3 aromatic rings. The van der Waals surface area contributed by atoms with E-state index in [4.69, 9.17) is 4.74 Å². The summed E-state index contributed by atoms with van der Waals surface area (Å²) in [5.74, 6) is -1.71. The molecule has 1 aliphatic heterocycles. The van der Waals surface area contributed by atoms with E-state index in [0.717, 1.165) is 13.3 Å². The van der Waals surface area contributed by atoms with E-state index in [1.807, 2.05) is 0 Å². The number of benzene rings is 2. The number of amides is 1. The maximum Gasteiger partial charge on any atom is 0.433 e. The number of hydrogen-bond acceptors (Lipinski definition) is 5. The Bertz CT molecular complexity index is 1220. The van der Waals surface area contributed by atoms with Gasteiger partial charge in [0.15, 0.2) is 0 Å². The van der Waals surface area contributed by atoms with Crippen LogP contribution in [-0.2, 0) is 25.9 Å². The molecule has 1 N–H and O–H groups in total. The summed E-state index contributed by atoms with van der Waals surface area (Å²) in [6, 6.07) is 12.4. The third kappa shape index (κ3) is 4.36. The quantitative estimate of drug-likeness (QED) is 0.432. The van der Waals surface area contributed by atoms with Crippen molar-refractivity contribution in [3.8, 4) is 11.1 Å². The maximum absolute atomic E-state index is 13.1. The number of ether oxygens (including phenoxy) is 2. The van der Waals surface area contributed by atoms with Crippen LogP contribution in [0.4, 0.5) is 23.2 Å². The molecule has 2 aromatic carbocycles. The van der Waals surface area contributed by atoms with Gasteiger partial charge in [0.25, 0.3) is 0 Å². The number of halogens is 4. The minimum atomic E-state index is -4.72. The summed E-state index contributed by atoms with van der Waals surface area (Å²) in [5, 5.41) is 2.75. The Morgan fingerprint density at radius 2 is 1.71 bits per heavy atom. The number of alkyl halides is 3. The Labute approximate surface area is 191 Å². The lowest BCUT2D eigenvalue weighted by Crippen LogP contribution is -2.55. The van der Waals surface area contributed by atoms with Crippen LogP contribution in [0.2, 0.25) is 0 Å². The van der Waals surface area contributed by atoms with E-state index in [2.05, 4.69) is 15.0 Å². The van der Waals surface area contributed by atoms with Crippen LogP contribution in [0.5, 0.6) is 0 Å². The van der Waals surface area contributed by atoms with Gasteiger partial charge < -0.3 is 14.8 Å². The molecule has 6 nitrogen and oxygen atoms in total. The number of nitrogens with one attached hydrogen (secondary N) is 1. The molecule has 10 heteroatoms. The number of carbonyl (C=O) groups excluding carboxylic acids is 2. The summed E-state index contributed by atoms with van der Waals surface area (Å²) in [6.45, 7) is 0.239. The van der Waals surface area contributed by atoms with Crippen LogP contribution in [0, 0.1) is 5.82 Å². The molecule has 0 unspecified atom stereocenters. The van der Waals surface area contributed by atoms with Crippen molar-refractivity contribution < 1.29 is 36.6 Å². The molecule has 1 aliphatic rings. The van der Waals surface area contributed by atoms with E-state index in [1.54, 1.807) is 24.3 Å². The van der Waals surface area contributed by atoms with Gasteiger partial charge in [-0.3, -0.25) is 9.78 Å². The molecule has 34 heavy (non-hydrogen) atoms. The smallest absolute Gasteiger partial charge is 0.433 e. The van der Waals surface area contributed by atoms with Crippen molar-refractivity contribution in [1.82, 2.24) is 4.98 Å². The minimum absolute atomic E-state index is 0.120. The minimum Gasteiger partial charge on any atom is -0.465 e. The number of carbonyl (C=O) groups is 2. The predicted octanol–water partition coefficient (Wildman–Crippen LogP) is 4.60. The lowest BCUT2D eigenvalue weighted by molar-refractivity contribution is -0.141. The van der Waals surface area contributed by atoms with Gasteiger partial charge in [0.1, 0.15) is 16.9 Å². The number of rotatable bonds is 5. The van der Waals surface area contributed by atoms with Crippen molar-refractivity contribution in [1.29, 1.82) is 0 Å². The maximum atomic E-state index is 13.1. The summed E-state index contributed by atoms with van der Waals surface area (Å²) in [4.78, 5) is 28.6. The van der Waals surface area contributed by atoms with Gasteiger partial charge in [0.2, 0.25) is 5.91 Å². The lowest BCUT2D eigenvalue weighted by atomic mass is 9.77. The average molecular weight is 474 g/mol. The van der Waals surface area contributed by atoms with Gasteiger partial charge in [-0.2, -0.15) is 13.2 Å². The Kier molecular flexibility index (Phi) is 6.09. The highest BCUT2D eigenvalue weighted by molar-refractivity contribution is 6.00. The molecule has 176 valence electrons. The highest BCUT2D eigenvalue weighted by Gasteiger charge is 2.47. The van der Waals surface area contributed by atoms with Crippen molar-refractivity contribution in [2.45, 2.75) is 11.6 Å². The first-order valence-corrected chi connectivity index (χ1v) is 10.1.